The third-order valence-electron chi connectivity index (χ3n) is 5.19. The van der Waals surface area contributed by atoms with Crippen LogP contribution in [0.25, 0.3) is 0 Å². The minimum absolute atomic E-state index is 0.00740. The fraction of sp³-hybridized carbons (Fsp3) is 0.450. The number of likely N-dealkylation sites (tertiary alicyclic amines) is 1. The zero-order valence-corrected chi connectivity index (χ0v) is 16.0. The minimum atomic E-state index is -3.17. The Morgan fingerprint density at radius 3 is 2.46 bits per heavy atom. The van der Waals surface area contributed by atoms with E-state index >= 15 is 0 Å². The molecule has 0 radical (unpaired) electrons. The maximum Gasteiger partial charge on any atom is 0.252 e. The number of aromatic amines is 1. The molecule has 2 heterocycles. The summed E-state index contributed by atoms with van der Waals surface area (Å²) in [6, 6.07) is 11.1. The molecular formula is C20H26N2O3S. The molecule has 1 aromatic carbocycles. The fourth-order valence-corrected chi connectivity index (χ4v) is 4.66. The summed E-state index contributed by atoms with van der Waals surface area (Å²) in [6.07, 6.45) is 6.91. The molecule has 5 nitrogen and oxygen atoms in total. The van der Waals surface area contributed by atoms with Crippen LogP contribution < -0.4 is 5.56 Å². The number of benzene rings is 1. The molecule has 0 bridgehead atoms. The Morgan fingerprint density at radius 2 is 1.77 bits per heavy atom. The first kappa shape index (κ1) is 18.9. The summed E-state index contributed by atoms with van der Waals surface area (Å²) in [5.74, 6) is 0.605. The number of aromatic nitrogens is 1. The number of hydrogen-bond acceptors (Lipinski definition) is 4. The van der Waals surface area contributed by atoms with Gasteiger partial charge in [-0.2, -0.15) is 0 Å². The van der Waals surface area contributed by atoms with Gasteiger partial charge < -0.3 is 4.98 Å². The van der Waals surface area contributed by atoms with Crippen molar-refractivity contribution in [2.45, 2.75) is 37.1 Å². The maximum atomic E-state index is 11.9. The first-order valence-corrected chi connectivity index (χ1v) is 11.0. The number of nitrogens with zero attached hydrogens (tertiary/aromatic N) is 1. The zero-order valence-electron chi connectivity index (χ0n) is 15.1. The van der Waals surface area contributed by atoms with E-state index in [-0.39, 0.29) is 5.56 Å². The van der Waals surface area contributed by atoms with Gasteiger partial charge in [-0.15, -0.1) is 0 Å². The first-order chi connectivity index (χ1) is 12.4. The largest absolute Gasteiger partial charge is 0.329 e. The first-order valence-electron chi connectivity index (χ1n) is 9.10. The summed E-state index contributed by atoms with van der Waals surface area (Å²) < 4.78 is 23.8. The van der Waals surface area contributed by atoms with Crippen LogP contribution in [0.2, 0.25) is 0 Å². The average molecular weight is 375 g/mol. The van der Waals surface area contributed by atoms with Crippen molar-refractivity contribution in [3.63, 3.8) is 0 Å². The van der Waals surface area contributed by atoms with Crippen LogP contribution >= 0.6 is 0 Å². The molecule has 0 saturated carbocycles. The highest BCUT2D eigenvalue weighted by Gasteiger charge is 2.21. The molecule has 140 valence electrons. The molecule has 0 atom stereocenters. The third kappa shape index (κ3) is 4.83. The second-order valence-corrected chi connectivity index (χ2v) is 9.15. The lowest BCUT2D eigenvalue weighted by Crippen LogP contribution is -2.35. The molecule has 1 fully saturated rings. The predicted octanol–water partition coefficient (Wildman–Crippen LogP) is 2.62. The van der Waals surface area contributed by atoms with Crippen molar-refractivity contribution in [3.8, 4) is 0 Å². The Morgan fingerprint density at radius 1 is 1.08 bits per heavy atom. The highest BCUT2D eigenvalue weighted by molar-refractivity contribution is 7.90. The van der Waals surface area contributed by atoms with Crippen LogP contribution in [0.5, 0.6) is 0 Å². The topological polar surface area (TPSA) is 70.2 Å². The minimum Gasteiger partial charge on any atom is -0.329 e. The number of sulfone groups is 1. The van der Waals surface area contributed by atoms with Crippen molar-refractivity contribution in [1.29, 1.82) is 0 Å². The third-order valence-corrected chi connectivity index (χ3v) is 6.39. The van der Waals surface area contributed by atoms with Crippen molar-refractivity contribution in [2.75, 3.05) is 19.3 Å². The standard InChI is InChI=1S/C20H26N2O3S/c1-26(24,25)19-7-3-2-5-17(19)9-8-16-10-13-22(14-11-16)15-18-6-4-12-21-20(18)23/h2-7,12,16H,8-11,13-15H2,1H3,(H,21,23). The highest BCUT2D eigenvalue weighted by atomic mass is 32.2. The summed E-state index contributed by atoms with van der Waals surface area (Å²) >= 11 is 0. The van der Waals surface area contributed by atoms with Crippen molar-refractivity contribution in [2.24, 2.45) is 5.92 Å². The molecule has 6 heteroatoms. The molecule has 0 amide bonds. The van der Waals surface area contributed by atoms with Gasteiger partial charge in [0.05, 0.1) is 4.90 Å². The van der Waals surface area contributed by atoms with Gasteiger partial charge in [0, 0.05) is 24.6 Å². The number of pyridine rings is 1. The van der Waals surface area contributed by atoms with Crippen molar-refractivity contribution in [3.05, 3.63) is 64.1 Å². The second kappa shape index (κ2) is 8.18. The Labute approximate surface area is 155 Å². The normalized spacial score (nSPS) is 16.7. The lowest BCUT2D eigenvalue weighted by Gasteiger charge is -2.31. The molecule has 1 N–H and O–H groups in total. The summed E-state index contributed by atoms with van der Waals surface area (Å²) in [4.78, 5) is 17.3. The Bertz CT molecular complexity index is 897. The smallest absolute Gasteiger partial charge is 0.252 e. The van der Waals surface area contributed by atoms with Crippen LogP contribution in [-0.2, 0) is 22.8 Å². The van der Waals surface area contributed by atoms with E-state index in [1.807, 2.05) is 24.3 Å². The van der Waals surface area contributed by atoms with E-state index in [0.717, 1.165) is 49.9 Å². The molecule has 26 heavy (non-hydrogen) atoms. The summed E-state index contributed by atoms with van der Waals surface area (Å²) in [5, 5.41) is 0. The number of rotatable bonds is 6. The molecule has 1 aliphatic heterocycles. The van der Waals surface area contributed by atoms with Gasteiger partial charge in [-0.25, -0.2) is 8.42 Å². The molecule has 1 saturated heterocycles. The van der Waals surface area contributed by atoms with Gasteiger partial charge in [0.25, 0.3) is 5.56 Å². The van der Waals surface area contributed by atoms with E-state index in [1.54, 1.807) is 18.3 Å². The number of H-pyrrole nitrogens is 1. The van der Waals surface area contributed by atoms with Gasteiger partial charge in [-0.3, -0.25) is 9.69 Å². The van der Waals surface area contributed by atoms with Crippen LogP contribution in [0, 0.1) is 5.92 Å². The van der Waals surface area contributed by atoms with Crippen LogP contribution in [0.15, 0.2) is 52.3 Å². The summed E-state index contributed by atoms with van der Waals surface area (Å²) in [6.45, 7) is 2.65. The summed E-state index contributed by atoms with van der Waals surface area (Å²) in [5.41, 5.74) is 1.73. The van der Waals surface area contributed by atoms with Crippen LogP contribution in [0.4, 0.5) is 0 Å². The zero-order chi connectivity index (χ0) is 18.6. The fourth-order valence-electron chi connectivity index (χ4n) is 3.69. The van der Waals surface area contributed by atoms with Gasteiger partial charge in [0.1, 0.15) is 0 Å². The highest BCUT2D eigenvalue weighted by Crippen LogP contribution is 2.25. The molecule has 2 aromatic rings. The van der Waals surface area contributed by atoms with Gasteiger partial charge in [-0.05, 0) is 62.4 Å². The van der Waals surface area contributed by atoms with Crippen LogP contribution in [-0.4, -0.2) is 37.6 Å². The van der Waals surface area contributed by atoms with Crippen molar-refractivity contribution >= 4 is 9.84 Å². The van der Waals surface area contributed by atoms with E-state index in [4.69, 9.17) is 0 Å². The molecular weight excluding hydrogens is 348 g/mol. The lowest BCUT2D eigenvalue weighted by molar-refractivity contribution is 0.172. The van der Waals surface area contributed by atoms with Gasteiger partial charge in [-0.1, -0.05) is 24.3 Å². The molecule has 3 rings (SSSR count). The Balaban J connectivity index is 1.52. The number of piperidine rings is 1. The molecule has 0 aliphatic carbocycles. The number of aryl methyl sites for hydroxylation is 1. The quantitative estimate of drug-likeness (QED) is 0.844. The van der Waals surface area contributed by atoms with Crippen molar-refractivity contribution < 1.29 is 8.42 Å². The monoisotopic (exact) mass is 374 g/mol. The Kier molecular flexibility index (Phi) is 5.94. The summed E-state index contributed by atoms with van der Waals surface area (Å²) in [7, 11) is -3.17. The van der Waals surface area contributed by atoms with Crippen LogP contribution in [0.3, 0.4) is 0 Å². The second-order valence-electron chi connectivity index (χ2n) is 7.16. The molecule has 0 unspecified atom stereocenters. The lowest BCUT2D eigenvalue weighted by atomic mass is 9.90. The van der Waals surface area contributed by atoms with Gasteiger partial charge in [0.15, 0.2) is 9.84 Å². The molecule has 1 aliphatic rings. The predicted molar refractivity (Wildman–Crippen MR) is 103 cm³/mol. The average Bonchev–Trinajstić information content (AvgIpc) is 2.62. The molecule has 1 aromatic heterocycles. The van der Waals surface area contributed by atoms with Crippen LogP contribution in [0.1, 0.15) is 30.4 Å². The van der Waals surface area contributed by atoms with Gasteiger partial charge >= 0.3 is 0 Å². The van der Waals surface area contributed by atoms with Crippen molar-refractivity contribution in [1.82, 2.24) is 9.88 Å². The van der Waals surface area contributed by atoms with E-state index in [0.29, 0.717) is 17.4 Å². The van der Waals surface area contributed by atoms with Gasteiger partial charge in [0.2, 0.25) is 0 Å². The molecule has 0 spiro atoms. The van der Waals surface area contributed by atoms with E-state index in [1.165, 1.54) is 6.26 Å². The van der Waals surface area contributed by atoms with E-state index < -0.39 is 9.84 Å². The SMILES string of the molecule is CS(=O)(=O)c1ccccc1CCC1CCN(Cc2ccc[nH]c2=O)CC1. The maximum absolute atomic E-state index is 11.9. The number of nitrogens with one attached hydrogen (secondary N) is 1. The Hall–Kier alpha value is -1.92. The van der Waals surface area contributed by atoms with E-state index in [2.05, 4.69) is 9.88 Å². The number of hydrogen-bond donors (Lipinski definition) is 1. The van der Waals surface area contributed by atoms with E-state index in [9.17, 15) is 13.2 Å².